The van der Waals surface area contributed by atoms with Crippen LogP contribution < -0.4 is 0 Å². The fraction of sp³-hybridized carbons (Fsp3) is 0.955. The van der Waals surface area contributed by atoms with Crippen molar-refractivity contribution >= 4 is 32.9 Å². The first-order chi connectivity index (χ1) is 12.9. The third-order valence-corrected chi connectivity index (χ3v) is 21.4. The van der Waals surface area contributed by atoms with E-state index in [2.05, 4.69) is 86.2 Å². The smallest absolute Gasteiger partial charge is 0.669 e. The summed E-state index contributed by atoms with van der Waals surface area (Å²) in [6, 6.07) is 0. The van der Waals surface area contributed by atoms with E-state index < -0.39 is 32.9 Å². The summed E-state index contributed by atoms with van der Waals surface area (Å²) in [4.78, 5) is 0. The van der Waals surface area contributed by atoms with Crippen molar-refractivity contribution in [1.82, 2.24) is 0 Å². The average Bonchev–Trinajstić information content (AvgIpc) is 3.05. The molecule has 0 aromatic rings. The van der Waals surface area contributed by atoms with Crippen molar-refractivity contribution in [2.75, 3.05) is 13.2 Å². The van der Waals surface area contributed by atoms with Crippen molar-refractivity contribution < 1.29 is 22.1 Å². The summed E-state index contributed by atoms with van der Waals surface area (Å²) in [6.07, 6.45) is 2.56. The Kier molecular flexibility index (Phi) is 12.1. The van der Waals surface area contributed by atoms with Crippen molar-refractivity contribution in [3.8, 4) is 0 Å². The van der Waals surface area contributed by atoms with E-state index in [4.69, 9.17) is 14.0 Å². The molecule has 0 spiro atoms. The van der Waals surface area contributed by atoms with E-state index in [0.29, 0.717) is 0 Å². The van der Waals surface area contributed by atoms with Gasteiger partial charge in [-0.2, -0.15) is 18.0 Å². The number of ether oxygens (including phenoxy) is 1. The molecule has 1 heterocycles. The standard InChI is InChI=1S/C18H43N2Si4.C4H8O.Cr/c1-14-15(2)18(24(12,13)20-22(7,8)9)16(3)17(14)23(10,11)19-21(4,5)6;1-2-4-5-3-1;/h14-15,17-18H,1-13H3;1-4H2;/q-3;;+3. The molecule has 2 aliphatic rings. The summed E-state index contributed by atoms with van der Waals surface area (Å²) >= 11 is 0. The van der Waals surface area contributed by atoms with Crippen LogP contribution in [0.3, 0.4) is 0 Å². The van der Waals surface area contributed by atoms with Gasteiger partial charge >= 0.3 is 17.4 Å². The molecular formula is C22H51CrN2OSi4. The van der Waals surface area contributed by atoms with Crippen LogP contribution in [-0.2, 0) is 22.1 Å². The van der Waals surface area contributed by atoms with Gasteiger partial charge in [-0.25, -0.2) is 0 Å². The maximum Gasteiger partial charge on any atom is 3.00 e. The zero-order valence-electron chi connectivity index (χ0n) is 22.3. The van der Waals surface area contributed by atoms with E-state index >= 15 is 0 Å². The van der Waals surface area contributed by atoms with Gasteiger partial charge < -0.3 is 20.0 Å². The summed E-state index contributed by atoms with van der Waals surface area (Å²) in [6.45, 7) is 34.0. The number of nitrogens with zero attached hydrogens (tertiary/aromatic N) is 2. The molecule has 0 amide bonds. The first-order valence-electron chi connectivity index (χ1n) is 11.8. The van der Waals surface area contributed by atoms with Crippen LogP contribution in [0.25, 0.3) is 9.30 Å². The van der Waals surface area contributed by atoms with Crippen LogP contribution in [0.4, 0.5) is 0 Å². The molecule has 177 valence electrons. The van der Waals surface area contributed by atoms with Gasteiger partial charge in [-0.3, -0.25) is 0 Å². The molecule has 0 aromatic heterocycles. The van der Waals surface area contributed by atoms with Crippen molar-refractivity contribution in [3.05, 3.63) is 15.2 Å². The van der Waals surface area contributed by atoms with Crippen LogP contribution in [0.1, 0.15) is 33.6 Å². The molecule has 4 atom stereocenters. The number of hydrogen-bond acceptors (Lipinski definition) is 1. The quantitative estimate of drug-likeness (QED) is 0.255. The van der Waals surface area contributed by atoms with E-state index in [1.807, 2.05) is 0 Å². The Bertz CT molecular complexity index is 469. The average molecular weight is 524 g/mol. The predicted octanol–water partition coefficient (Wildman–Crippen LogP) is 8.23. The molecule has 0 N–H and O–H groups in total. The number of hydrogen-bond donors (Lipinski definition) is 0. The first-order valence-corrected chi connectivity index (χ1v) is 24.7. The van der Waals surface area contributed by atoms with Crippen molar-refractivity contribution in [2.45, 2.75) is 110 Å². The second-order valence-electron chi connectivity index (χ2n) is 12.6. The minimum absolute atomic E-state index is 0. The third-order valence-electron chi connectivity index (χ3n) is 6.46. The van der Waals surface area contributed by atoms with Crippen molar-refractivity contribution in [3.63, 3.8) is 0 Å². The molecule has 2 fully saturated rings. The first kappa shape index (κ1) is 31.3. The Balaban J connectivity index is 0.00000122. The van der Waals surface area contributed by atoms with Crippen molar-refractivity contribution in [2.24, 2.45) is 11.8 Å². The van der Waals surface area contributed by atoms with Gasteiger partial charge in [0, 0.05) is 13.2 Å². The summed E-state index contributed by atoms with van der Waals surface area (Å²) in [7, 11) is -5.98. The SMILES string of the molecule is C1CCOC1.C[C-]1C([Si](C)(C)[N-][Si](C)(C)C)C(C)C(C)C1[Si](C)(C)[N-][Si](C)(C)C.[Cr+3]. The Morgan fingerprint density at radius 2 is 0.967 bits per heavy atom. The molecule has 0 aromatic carbocycles. The molecule has 0 bridgehead atoms. The van der Waals surface area contributed by atoms with E-state index in [1.54, 1.807) is 5.92 Å². The monoisotopic (exact) mass is 523 g/mol. The van der Waals surface area contributed by atoms with Crippen molar-refractivity contribution in [1.29, 1.82) is 0 Å². The maximum absolute atomic E-state index is 5.50. The molecule has 1 aliphatic carbocycles. The Morgan fingerprint density at radius 3 is 1.17 bits per heavy atom. The minimum Gasteiger partial charge on any atom is -0.669 e. The molecule has 1 saturated carbocycles. The second kappa shape index (κ2) is 11.6. The predicted molar refractivity (Wildman–Crippen MR) is 143 cm³/mol. The number of rotatable bonds is 6. The van der Waals surface area contributed by atoms with E-state index in [1.165, 1.54) is 12.8 Å². The largest absolute Gasteiger partial charge is 3.00 e. The minimum atomic E-state index is -1.61. The van der Waals surface area contributed by atoms with Gasteiger partial charge in [0.15, 0.2) is 0 Å². The molecular weight excluding hydrogens is 473 g/mol. The summed E-state index contributed by atoms with van der Waals surface area (Å²) in [5.74, 6) is 3.30. The molecule has 1 aliphatic heterocycles. The Labute approximate surface area is 204 Å². The van der Waals surface area contributed by atoms with Gasteiger partial charge in [0.25, 0.3) is 0 Å². The Hall–Kier alpha value is 1.28. The van der Waals surface area contributed by atoms with Gasteiger partial charge in [-0.05, 0) is 12.8 Å². The van der Waals surface area contributed by atoms with Crippen LogP contribution in [-0.4, -0.2) is 46.2 Å². The van der Waals surface area contributed by atoms with E-state index in [-0.39, 0.29) is 17.4 Å². The zero-order chi connectivity index (χ0) is 22.8. The Morgan fingerprint density at radius 1 is 0.667 bits per heavy atom. The fourth-order valence-electron chi connectivity index (χ4n) is 6.41. The zero-order valence-corrected chi connectivity index (χ0v) is 27.6. The van der Waals surface area contributed by atoms with Crippen LogP contribution >= 0.6 is 0 Å². The van der Waals surface area contributed by atoms with Gasteiger partial charge in [0.05, 0.1) is 0 Å². The topological polar surface area (TPSA) is 37.4 Å². The molecule has 1 saturated heterocycles. The summed E-state index contributed by atoms with van der Waals surface area (Å²) in [5.41, 5.74) is 1.49. The summed E-state index contributed by atoms with van der Waals surface area (Å²) < 4.78 is 15.9. The van der Waals surface area contributed by atoms with Gasteiger partial charge in [0.2, 0.25) is 0 Å². The summed E-state index contributed by atoms with van der Waals surface area (Å²) in [5, 5.41) is 0. The maximum atomic E-state index is 5.50. The van der Waals surface area contributed by atoms with E-state index in [0.717, 1.165) is 36.1 Å². The van der Waals surface area contributed by atoms with Gasteiger partial charge in [-0.1, -0.05) is 124 Å². The molecule has 30 heavy (non-hydrogen) atoms. The molecule has 1 radical (unpaired) electrons. The van der Waals surface area contributed by atoms with Crippen LogP contribution in [0.15, 0.2) is 0 Å². The van der Waals surface area contributed by atoms with Crippen LogP contribution in [0.5, 0.6) is 0 Å². The molecule has 3 nitrogen and oxygen atoms in total. The third kappa shape index (κ3) is 9.26. The second-order valence-corrected chi connectivity index (χ2v) is 30.9. The van der Waals surface area contributed by atoms with Crippen LogP contribution in [0, 0.1) is 17.8 Å². The molecule has 8 heteroatoms. The van der Waals surface area contributed by atoms with Crippen LogP contribution in [0.2, 0.25) is 76.6 Å². The fourth-order valence-corrected chi connectivity index (χ4v) is 27.3. The molecule has 2 rings (SSSR count). The van der Waals surface area contributed by atoms with Gasteiger partial charge in [0.1, 0.15) is 0 Å². The van der Waals surface area contributed by atoms with E-state index in [9.17, 15) is 0 Å². The molecule has 4 unspecified atom stereocenters. The normalized spacial score (nSPS) is 28.7. The van der Waals surface area contributed by atoms with Gasteiger partial charge in [-0.15, -0.1) is 0 Å².